The van der Waals surface area contributed by atoms with Crippen LogP contribution in [-0.2, 0) is 33.3 Å². The number of nitrogens with zero attached hydrogens (tertiary/aromatic N) is 5. The highest BCUT2D eigenvalue weighted by Crippen LogP contribution is 2.51. The van der Waals surface area contributed by atoms with Gasteiger partial charge in [0.2, 0.25) is 5.95 Å². The van der Waals surface area contributed by atoms with Crippen LogP contribution in [0.1, 0.15) is 103 Å². The lowest BCUT2D eigenvalue weighted by Gasteiger charge is -2.44. The summed E-state index contributed by atoms with van der Waals surface area (Å²) in [6.45, 7) is 23.2. The molecule has 4 aromatic carbocycles. The molecule has 2 aromatic heterocycles. The number of carbonyl (C=O) groups excluding carboxylic acids is 1. The van der Waals surface area contributed by atoms with Crippen LogP contribution in [0.25, 0.3) is 11.2 Å². The molecule has 1 fully saturated rings. The highest BCUT2D eigenvalue weighted by Gasteiger charge is 2.56. The van der Waals surface area contributed by atoms with Crippen LogP contribution < -0.4 is 20.3 Å². The van der Waals surface area contributed by atoms with E-state index in [-0.39, 0.29) is 60.5 Å². The third-order valence-corrected chi connectivity index (χ3v) is 20.1. The van der Waals surface area contributed by atoms with Crippen molar-refractivity contribution < 1.29 is 37.2 Å². The number of imidazole rings is 1. The SMILES string of the molecule is COc1ccc(C(OC2C(COP(OCCC#N)N(C(C)C)C(C)C)OC(n3cnc4c(=O)[nH]c(NC(=O)COc5ccc(C(C)C)cc5)nc43)C2O[Si](C)(C)C(C)(C)C)(c2ccccc2)c2ccccc2)cc1. The molecule has 0 aliphatic carbocycles. The molecule has 7 rings (SSSR count). The van der Waals surface area contributed by atoms with E-state index in [0.717, 1.165) is 22.3 Å². The molecule has 0 radical (unpaired) electrons. The predicted molar refractivity (Wildman–Crippen MR) is 291 cm³/mol. The second kappa shape index (κ2) is 24.2. The number of nitriles is 1. The Bertz CT molecular complexity index is 2820. The van der Waals surface area contributed by atoms with E-state index in [1.54, 1.807) is 11.7 Å². The molecule has 2 N–H and O–H groups in total. The molecule has 0 bridgehead atoms. The Kier molecular flexibility index (Phi) is 18.3. The fourth-order valence-electron chi connectivity index (χ4n) is 8.82. The maximum Gasteiger partial charge on any atom is 0.280 e. The molecule has 1 amide bonds. The fraction of sp³-hybridized carbons (Fsp3) is 0.446. The summed E-state index contributed by atoms with van der Waals surface area (Å²) in [4.78, 5) is 39.4. The molecule has 1 aliphatic heterocycles. The standard InChI is InChI=1S/C56H72N7O9PSi/c1-37(2)40-24-28-45(29-25-40)67-35-47(64)59-54-60-51-48(52(65)61-54)58-36-62(51)53-50(72-74(11,12)55(7,8)9)49(46(70-53)34-69-73(68-33-19-32-57)63(38(3)4)39(5)6)71-56(41-20-15-13-16-21-41,42-22-17-14-18-23-42)43-26-30-44(66-10)31-27-43/h13-18,20-31,36-39,46,49-50,53H,19,33-35H2,1-12H3,(H2,59,60,61,64,65). The smallest absolute Gasteiger partial charge is 0.280 e. The van der Waals surface area contributed by atoms with Gasteiger partial charge in [0.25, 0.3) is 20.0 Å². The van der Waals surface area contributed by atoms with Crippen molar-refractivity contribution in [2.24, 2.45) is 0 Å². The van der Waals surface area contributed by atoms with Gasteiger partial charge >= 0.3 is 0 Å². The van der Waals surface area contributed by atoms with Gasteiger partial charge in [-0.1, -0.05) is 120 Å². The number of amides is 1. The number of methoxy groups -OCH3 is 1. The van der Waals surface area contributed by atoms with Crippen molar-refractivity contribution in [3.63, 3.8) is 0 Å². The molecular formula is C56H72N7O9PSi. The summed E-state index contributed by atoms with van der Waals surface area (Å²) in [6, 6.07) is 37.8. The van der Waals surface area contributed by atoms with E-state index in [2.05, 4.69) is 101 Å². The van der Waals surface area contributed by atoms with Gasteiger partial charge in [0.15, 0.2) is 32.3 Å². The summed E-state index contributed by atoms with van der Waals surface area (Å²) < 4.78 is 51.6. The van der Waals surface area contributed by atoms with Gasteiger partial charge in [-0.05, 0) is 98.3 Å². The largest absolute Gasteiger partial charge is 0.497 e. The van der Waals surface area contributed by atoms with E-state index >= 15 is 0 Å². The van der Waals surface area contributed by atoms with E-state index in [0.29, 0.717) is 17.4 Å². The lowest BCUT2D eigenvalue weighted by Crippen LogP contribution is -2.52. The van der Waals surface area contributed by atoms with Crippen LogP contribution in [0.4, 0.5) is 5.95 Å². The van der Waals surface area contributed by atoms with Crippen LogP contribution in [0, 0.1) is 11.3 Å². The molecule has 18 heteroatoms. The number of nitrogens with one attached hydrogen (secondary N) is 2. The molecule has 1 saturated heterocycles. The molecule has 0 saturated carbocycles. The van der Waals surface area contributed by atoms with E-state index in [1.807, 2.05) is 109 Å². The van der Waals surface area contributed by atoms with Crippen LogP contribution >= 0.6 is 8.53 Å². The lowest BCUT2D eigenvalue weighted by molar-refractivity contribution is -0.118. The minimum atomic E-state index is -2.76. The quantitative estimate of drug-likeness (QED) is 0.0268. The Hall–Kier alpha value is -5.80. The lowest BCUT2D eigenvalue weighted by atomic mass is 9.79. The summed E-state index contributed by atoms with van der Waals surface area (Å²) in [7, 11) is -2.86. The summed E-state index contributed by atoms with van der Waals surface area (Å²) in [6.07, 6.45) is -1.99. The molecule has 0 spiro atoms. The number of ether oxygens (including phenoxy) is 4. The zero-order valence-electron chi connectivity index (χ0n) is 44.7. The number of hydrogen-bond acceptors (Lipinski definition) is 13. The third-order valence-electron chi connectivity index (χ3n) is 13.6. The van der Waals surface area contributed by atoms with Gasteiger partial charge in [0, 0.05) is 12.1 Å². The van der Waals surface area contributed by atoms with Gasteiger partial charge in [0.05, 0.1) is 39.1 Å². The fourth-order valence-corrected chi connectivity index (χ4v) is 11.7. The maximum atomic E-state index is 13.9. The van der Waals surface area contributed by atoms with Crippen molar-refractivity contribution in [3.05, 3.63) is 148 Å². The molecule has 3 heterocycles. The van der Waals surface area contributed by atoms with Crippen LogP contribution in [0.2, 0.25) is 18.1 Å². The second-order valence-electron chi connectivity index (χ2n) is 20.8. The maximum absolute atomic E-state index is 13.9. The first-order valence-electron chi connectivity index (χ1n) is 25.2. The molecule has 394 valence electrons. The van der Waals surface area contributed by atoms with Crippen LogP contribution in [0.5, 0.6) is 11.5 Å². The number of aromatic nitrogens is 4. The van der Waals surface area contributed by atoms with Crippen molar-refractivity contribution in [1.82, 2.24) is 24.2 Å². The Morgan fingerprint density at radius 3 is 2.01 bits per heavy atom. The number of benzene rings is 4. The molecular weight excluding hydrogens is 974 g/mol. The number of fused-ring (bicyclic) bond motifs is 1. The number of carbonyl (C=O) groups is 1. The van der Waals surface area contributed by atoms with Gasteiger partial charge in [-0.2, -0.15) is 10.2 Å². The molecule has 5 unspecified atom stereocenters. The van der Waals surface area contributed by atoms with Crippen LogP contribution in [0.15, 0.2) is 120 Å². The first-order chi connectivity index (χ1) is 35.3. The van der Waals surface area contributed by atoms with Gasteiger partial charge in [-0.15, -0.1) is 0 Å². The molecule has 1 aliphatic rings. The first kappa shape index (κ1) is 55.9. The second-order valence-corrected chi connectivity index (χ2v) is 27.0. The zero-order chi connectivity index (χ0) is 53.4. The van der Waals surface area contributed by atoms with Crippen molar-refractivity contribution in [1.29, 1.82) is 5.26 Å². The topological polar surface area (TPSA) is 184 Å². The highest BCUT2D eigenvalue weighted by atomic mass is 31.2. The Morgan fingerprint density at radius 2 is 1.46 bits per heavy atom. The summed E-state index contributed by atoms with van der Waals surface area (Å²) in [5.74, 6) is 0.913. The van der Waals surface area contributed by atoms with Gasteiger partial charge in [0.1, 0.15) is 35.4 Å². The number of H-pyrrole nitrogens is 1. The Morgan fingerprint density at radius 1 is 0.865 bits per heavy atom. The first-order valence-corrected chi connectivity index (χ1v) is 29.3. The summed E-state index contributed by atoms with van der Waals surface area (Å²) in [5, 5.41) is 12.0. The average Bonchev–Trinajstić information content (AvgIpc) is 3.94. The van der Waals surface area contributed by atoms with Gasteiger partial charge in [-0.3, -0.25) is 24.5 Å². The Balaban J connectivity index is 1.38. The van der Waals surface area contributed by atoms with Crippen molar-refractivity contribution in [2.75, 3.05) is 32.2 Å². The molecule has 6 aromatic rings. The number of rotatable bonds is 23. The summed E-state index contributed by atoms with van der Waals surface area (Å²) >= 11 is 0. The van der Waals surface area contributed by atoms with Crippen molar-refractivity contribution >= 4 is 39.9 Å². The van der Waals surface area contributed by atoms with Gasteiger partial charge in [-0.25, -0.2) is 9.65 Å². The molecule has 16 nitrogen and oxygen atoms in total. The monoisotopic (exact) mass is 1050 g/mol. The normalized spacial score (nSPS) is 17.8. The number of anilines is 1. The van der Waals surface area contributed by atoms with Gasteiger partial charge < -0.3 is 32.4 Å². The third kappa shape index (κ3) is 12.6. The van der Waals surface area contributed by atoms with E-state index in [4.69, 9.17) is 37.4 Å². The molecule has 5 atom stereocenters. The van der Waals surface area contributed by atoms with E-state index in [9.17, 15) is 14.9 Å². The zero-order valence-corrected chi connectivity index (χ0v) is 46.6. The average molecular weight is 1050 g/mol. The summed E-state index contributed by atoms with van der Waals surface area (Å²) in [5.41, 5.74) is 1.96. The Labute approximate surface area is 437 Å². The van der Waals surface area contributed by atoms with E-state index < -0.39 is 58.5 Å². The van der Waals surface area contributed by atoms with Crippen molar-refractivity contribution in [2.45, 2.75) is 135 Å². The highest BCUT2D eigenvalue weighted by molar-refractivity contribution is 7.44. The minimum absolute atomic E-state index is 0.0245. The molecule has 74 heavy (non-hydrogen) atoms. The minimum Gasteiger partial charge on any atom is -0.497 e. The van der Waals surface area contributed by atoms with Crippen LogP contribution in [-0.4, -0.2) is 95.7 Å². The number of hydrogen-bond donors (Lipinski definition) is 2. The van der Waals surface area contributed by atoms with E-state index in [1.165, 1.54) is 6.33 Å². The van der Waals surface area contributed by atoms with Crippen LogP contribution in [0.3, 0.4) is 0 Å². The van der Waals surface area contributed by atoms with Crippen molar-refractivity contribution in [3.8, 4) is 17.6 Å². The number of aromatic amines is 1. The predicted octanol–water partition coefficient (Wildman–Crippen LogP) is 11.2.